The molecular weight excluding hydrogens is 398 g/mol. The third kappa shape index (κ3) is 4.49. The number of hydrogen-bond donors (Lipinski definition) is 1. The van der Waals surface area contributed by atoms with E-state index in [-0.39, 0.29) is 11.7 Å². The van der Waals surface area contributed by atoms with Gasteiger partial charge in [-0.15, -0.1) is 10.2 Å². The number of hydrogen-bond acceptors (Lipinski definition) is 6. The van der Waals surface area contributed by atoms with Crippen molar-refractivity contribution in [2.75, 3.05) is 5.75 Å². The minimum Gasteiger partial charge on any atom is -0.463 e. The Morgan fingerprint density at radius 2 is 1.77 bits per heavy atom. The summed E-state index contributed by atoms with van der Waals surface area (Å²) in [5.41, 5.74) is 5.02. The predicted octanol–water partition coefficient (Wildman–Crippen LogP) is 4.16. The first-order chi connectivity index (χ1) is 14.7. The highest BCUT2D eigenvalue weighted by Crippen LogP contribution is 2.27. The van der Waals surface area contributed by atoms with E-state index in [1.165, 1.54) is 11.8 Å². The van der Waals surface area contributed by atoms with Crippen molar-refractivity contribution in [1.29, 1.82) is 0 Å². The monoisotopic (exact) mass is 417 g/mol. The van der Waals surface area contributed by atoms with Gasteiger partial charge in [0.05, 0.1) is 12.0 Å². The Morgan fingerprint density at radius 3 is 2.47 bits per heavy atom. The van der Waals surface area contributed by atoms with Crippen molar-refractivity contribution in [2.45, 2.75) is 12.1 Å². The molecule has 0 bridgehead atoms. The summed E-state index contributed by atoms with van der Waals surface area (Å²) in [6, 6.07) is 23.2. The van der Waals surface area contributed by atoms with Crippen LogP contribution in [-0.2, 0) is 4.79 Å². The number of aromatic nitrogens is 3. The first kappa shape index (κ1) is 19.7. The van der Waals surface area contributed by atoms with Crippen LogP contribution in [0.15, 0.2) is 93.7 Å². The zero-order valence-corrected chi connectivity index (χ0v) is 17.0. The van der Waals surface area contributed by atoms with Crippen molar-refractivity contribution in [3.63, 3.8) is 0 Å². The third-order valence-electron chi connectivity index (χ3n) is 4.24. The fraction of sp³-hybridized carbons (Fsp3) is 0.0909. The Labute approximate surface area is 177 Å². The van der Waals surface area contributed by atoms with Crippen molar-refractivity contribution >= 4 is 23.4 Å². The molecule has 2 aromatic heterocycles. The molecule has 0 aliphatic rings. The topological polar surface area (TPSA) is 85.3 Å². The van der Waals surface area contributed by atoms with Crippen LogP contribution in [0.4, 0.5) is 0 Å². The summed E-state index contributed by atoms with van der Waals surface area (Å²) in [6.45, 7) is 1.77. The molecule has 1 N–H and O–H groups in total. The first-order valence-corrected chi connectivity index (χ1v) is 10.3. The lowest BCUT2D eigenvalue weighted by Gasteiger charge is -2.10. The molecule has 2 heterocycles. The number of carbonyl (C=O) groups excluding carboxylic acids is 1. The molecule has 0 aliphatic carbocycles. The number of para-hydroxylation sites is 1. The SMILES string of the molecule is CC(=NNC(=O)CSc1nnc(-c2ccccc2)n1-c1ccccc1)c1ccco1. The van der Waals surface area contributed by atoms with Crippen LogP contribution in [0.25, 0.3) is 17.1 Å². The summed E-state index contributed by atoms with van der Waals surface area (Å²) in [5, 5.41) is 13.4. The van der Waals surface area contributed by atoms with Gasteiger partial charge in [-0.05, 0) is 31.2 Å². The van der Waals surface area contributed by atoms with E-state index in [0.717, 1.165) is 17.1 Å². The van der Waals surface area contributed by atoms with Gasteiger partial charge in [-0.3, -0.25) is 9.36 Å². The molecule has 1 amide bonds. The summed E-state index contributed by atoms with van der Waals surface area (Å²) < 4.78 is 7.21. The second-order valence-corrected chi connectivity index (χ2v) is 7.28. The first-order valence-electron chi connectivity index (χ1n) is 9.28. The molecule has 0 saturated carbocycles. The van der Waals surface area contributed by atoms with Gasteiger partial charge >= 0.3 is 0 Å². The molecule has 0 radical (unpaired) electrons. The van der Waals surface area contributed by atoms with Crippen molar-refractivity contribution in [2.24, 2.45) is 5.10 Å². The zero-order valence-electron chi connectivity index (χ0n) is 16.2. The van der Waals surface area contributed by atoms with Crippen molar-refractivity contribution in [1.82, 2.24) is 20.2 Å². The molecule has 0 fully saturated rings. The molecule has 0 saturated heterocycles. The number of benzene rings is 2. The molecule has 150 valence electrons. The van der Waals surface area contributed by atoms with Gasteiger partial charge < -0.3 is 4.42 Å². The Bertz CT molecular complexity index is 1140. The fourth-order valence-electron chi connectivity index (χ4n) is 2.80. The molecule has 8 heteroatoms. The average molecular weight is 417 g/mol. The minimum atomic E-state index is -0.241. The second kappa shape index (κ2) is 9.23. The van der Waals surface area contributed by atoms with E-state index in [0.29, 0.717) is 16.6 Å². The Balaban J connectivity index is 1.52. The van der Waals surface area contributed by atoms with Crippen LogP contribution in [0.5, 0.6) is 0 Å². The maximum atomic E-state index is 12.3. The van der Waals surface area contributed by atoms with Gasteiger partial charge in [-0.1, -0.05) is 60.3 Å². The molecule has 0 spiro atoms. The van der Waals surface area contributed by atoms with Crippen molar-refractivity contribution in [3.05, 3.63) is 84.8 Å². The van der Waals surface area contributed by atoms with Crippen LogP contribution in [0, 0.1) is 0 Å². The molecule has 30 heavy (non-hydrogen) atoms. The highest BCUT2D eigenvalue weighted by Gasteiger charge is 2.17. The van der Waals surface area contributed by atoms with Crippen molar-refractivity contribution < 1.29 is 9.21 Å². The maximum Gasteiger partial charge on any atom is 0.250 e. The molecule has 0 atom stereocenters. The summed E-state index contributed by atoms with van der Waals surface area (Å²) in [6.07, 6.45) is 1.56. The van der Waals surface area contributed by atoms with E-state index in [9.17, 15) is 4.79 Å². The average Bonchev–Trinajstić information content (AvgIpc) is 3.47. The highest BCUT2D eigenvalue weighted by molar-refractivity contribution is 7.99. The quantitative estimate of drug-likeness (QED) is 0.277. The number of furan rings is 1. The summed E-state index contributed by atoms with van der Waals surface area (Å²) in [7, 11) is 0. The lowest BCUT2D eigenvalue weighted by molar-refractivity contribution is -0.118. The van der Waals surface area contributed by atoms with Gasteiger partial charge in [-0.25, -0.2) is 5.43 Å². The van der Waals surface area contributed by atoms with E-state index in [1.54, 1.807) is 25.3 Å². The predicted molar refractivity (Wildman–Crippen MR) is 117 cm³/mol. The van der Waals surface area contributed by atoms with E-state index in [2.05, 4.69) is 20.7 Å². The van der Waals surface area contributed by atoms with Crippen molar-refractivity contribution in [3.8, 4) is 17.1 Å². The molecule has 4 rings (SSSR count). The van der Waals surface area contributed by atoms with Crippen LogP contribution >= 0.6 is 11.8 Å². The molecule has 0 unspecified atom stereocenters. The van der Waals surface area contributed by atoms with Crippen LogP contribution in [0.2, 0.25) is 0 Å². The third-order valence-corrected chi connectivity index (χ3v) is 5.17. The zero-order chi connectivity index (χ0) is 20.8. The number of rotatable bonds is 7. The number of thioether (sulfide) groups is 1. The molecular formula is C22H19N5O2S. The number of carbonyl (C=O) groups is 1. The second-order valence-electron chi connectivity index (χ2n) is 6.34. The number of nitrogens with zero attached hydrogens (tertiary/aromatic N) is 4. The number of amides is 1. The van der Waals surface area contributed by atoms with Gasteiger partial charge in [0.1, 0.15) is 11.5 Å². The van der Waals surface area contributed by atoms with Gasteiger partial charge in [0.15, 0.2) is 11.0 Å². The standard InChI is InChI=1S/C22H19N5O2S/c1-16(19-13-8-14-29-19)23-24-20(28)15-30-22-26-25-21(17-9-4-2-5-10-17)27(22)18-11-6-3-7-12-18/h2-14H,15H2,1H3,(H,24,28). The van der Waals surface area contributed by atoms with Crippen LogP contribution < -0.4 is 5.43 Å². The molecule has 0 aliphatic heterocycles. The largest absolute Gasteiger partial charge is 0.463 e. The van der Waals surface area contributed by atoms with Crippen LogP contribution in [0.1, 0.15) is 12.7 Å². The van der Waals surface area contributed by atoms with Gasteiger partial charge in [0, 0.05) is 11.3 Å². The summed E-state index contributed by atoms with van der Waals surface area (Å²) in [4.78, 5) is 12.3. The lowest BCUT2D eigenvalue weighted by atomic mass is 10.2. The van der Waals surface area contributed by atoms with E-state index < -0.39 is 0 Å². The fourth-order valence-corrected chi connectivity index (χ4v) is 3.54. The van der Waals surface area contributed by atoms with Crippen LogP contribution in [0.3, 0.4) is 0 Å². The van der Waals surface area contributed by atoms with E-state index in [4.69, 9.17) is 4.42 Å². The molecule has 2 aromatic carbocycles. The normalized spacial score (nSPS) is 11.4. The Hall–Kier alpha value is -3.65. The minimum absolute atomic E-state index is 0.148. The molecule has 4 aromatic rings. The molecule has 7 nitrogen and oxygen atoms in total. The number of hydrazone groups is 1. The maximum absolute atomic E-state index is 12.3. The lowest BCUT2D eigenvalue weighted by Crippen LogP contribution is -2.21. The smallest absolute Gasteiger partial charge is 0.250 e. The van der Waals surface area contributed by atoms with E-state index in [1.807, 2.05) is 65.2 Å². The summed E-state index contributed by atoms with van der Waals surface area (Å²) >= 11 is 1.30. The number of nitrogens with one attached hydrogen (secondary N) is 1. The van der Waals surface area contributed by atoms with Crippen LogP contribution in [-0.4, -0.2) is 32.1 Å². The Kier molecular flexibility index (Phi) is 6.05. The van der Waals surface area contributed by atoms with Gasteiger partial charge in [0.2, 0.25) is 0 Å². The summed E-state index contributed by atoms with van der Waals surface area (Å²) in [5.74, 6) is 1.24. The van der Waals surface area contributed by atoms with Gasteiger partial charge in [0.25, 0.3) is 5.91 Å². The van der Waals surface area contributed by atoms with E-state index >= 15 is 0 Å². The Morgan fingerprint density at radius 1 is 1.03 bits per heavy atom. The highest BCUT2D eigenvalue weighted by atomic mass is 32.2. The van der Waals surface area contributed by atoms with Gasteiger partial charge in [-0.2, -0.15) is 5.10 Å².